The summed E-state index contributed by atoms with van der Waals surface area (Å²) in [6.45, 7) is 1.90. The number of nitrogens with one attached hydrogen (secondary N) is 1. The van der Waals surface area contributed by atoms with Gasteiger partial charge >= 0.3 is 0 Å². The van der Waals surface area contributed by atoms with Gasteiger partial charge in [0, 0.05) is 25.9 Å². The van der Waals surface area contributed by atoms with Crippen LogP contribution in [0, 0.1) is 0 Å². The Hall–Kier alpha value is -1.15. The summed E-state index contributed by atoms with van der Waals surface area (Å²) in [4.78, 5) is 12.1. The Bertz CT molecular complexity index is 587. The number of hydrogen-bond donors (Lipinski definition) is 1. The molecule has 0 radical (unpaired) electrons. The fourth-order valence-electron chi connectivity index (χ4n) is 2.93. The minimum Gasteiger partial charge on any atom is -0.361 e. The molecular formula is C15H25N3O3S2. The number of thiocarbonyl (C=S) groups is 1. The first-order chi connectivity index (χ1) is 10.9. The maximum absolute atomic E-state index is 12.1. The second-order valence-electron chi connectivity index (χ2n) is 6.15. The van der Waals surface area contributed by atoms with Gasteiger partial charge in [0.05, 0.1) is 0 Å². The normalized spacial score (nSPS) is 18.7. The highest BCUT2D eigenvalue weighted by molar-refractivity contribution is 7.91. The molecule has 0 unspecified atom stereocenters. The fraction of sp³-hybridized carbons (Fsp3) is 0.733. The van der Waals surface area contributed by atoms with Crippen LogP contribution in [-0.4, -0.2) is 61.1 Å². The molecule has 0 aromatic rings. The Morgan fingerprint density at radius 3 is 2.65 bits per heavy atom. The number of hydrazine groups is 1. The van der Waals surface area contributed by atoms with Gasteiger partial charge in [-0.2, -0.15) is 0 Å². The highest BCUT2D eigenvalue weighted by atomic mass is 32.2. The number of sulfone groups is 1. The van der Waals surface area contributed by atoms with E-state index in [1.165, 1.54) is 29.8 Å². The number of rotatable bonds is 5. The van der Waals surface area contributed by atoms with Crippen molar-refractivity contribution in [3.05, 3.63) is 11.6 Å². The molecule has 1 saturated heterocycles. The van der Waals surface area contributed by atoms with Gasteiger partial charge in [0.2, 0.25) is 0 Å². The Balaban J connectivity index is 1.82. The molecule has 130 valence electrons. The molecular weight excluding hydrogens is 334 g/mol. The summed E-state index contributed by atoms with van der Waals surface area (Å²) in [5.41, 5.74) is 1.47. The summed E-state index contributed by atoms with van der Waals surface area (Å²) < 4.78 is 22.6. The summed E-state index contributed by atoms with van der Waals surface area (Å²) in [6.07, 6.45) is 10.0. The summed E-state index contributed by atoms with van der Waals surface area (Å²) >= 11 is 5.37. The summed E-state index contributed by atoms with van der Waals surface area (Å²) in [7, 11) is -3.33. The molecule has 1 fully saturated rings. The Kier molecular flexibility index (Phi) is 6.41. The molecule has 2 aliphatic rings. The van der Waals surface area contributed by atoms with Gasteiger partial charge in [-0.1, -0.05) is 11.6 Å². The Labute approximate surface area is 143 Å². The van der Waals surface area contributed by atoms with Crippen molar-refractivity contribution in [3.63, 3.8) is 0 Å². The highest BCUT2D eigenvalue weighted by Crippen LogP contribution is 2.19. The third-order valence-corrected chi connectivity index (χ3v) is 5.17. The van der Waals surface area contributed by atoms with Crippen molar-refractivity contribution >= 4 is 33.1 Å². The Morgan fingerprint density at radius 2 is 2.00 bits per heavy atom. The molecule has 0 spiro atoms. The van der Waals surface area contributed by atoms with E-state index in [0.29, 0.717) is 18.2 Å². The van der Waals surface area contributed by atoms with E-state index in [1.54, 1.807) is 5.01 Å². The van der Waals surface area contributed by atoms with Crippen LogP contribution in [0.4, 0.5) is 0 Å². The molecule has 0 saturated carbocycles. The predicted octanol–water partition coefficient (Wildman–Crippen LogP) is 1.25. The van der Waals surface area contributed by atoms with E-state index in [-0.39, 0.29) is 0 Å². The van der Waals surface area contributed by atoms with Gasteiger partial charge < -0.3 is 5.32 Å². The average Bonchev–Trinajstić information content (AvgIpc) is 2.96. The topological polar surface area (TPSA) is 69.7 Å². The Morgan fingerprint density at radius 1 is 1.26 bits per heavy atom. The molecule has 0 aromatic heterocycles. The van der Waals surface area contributed by atoms with Crippen LogP contribution in [0.5, 0.6) is 0 Å². The monoisotopic (exact) mass is 359 g/mol. The zero-order chi connectivity index (χ0) is 16.9. The van der Waals surface area contributed by atoms with Gasteiger partial charge in [0.25, 0.3) is 5.91 Å². The summed E-state index contributed by atoms with van der Waals surface area (Å²) in [6, 6.07) is 0. The molecule has 8 heteroatoms. The summed E-state index contributed by atoms with van der Waals surface area (Å²) in [5.74, 6) is -0.886. The molecule has 23 heavy (non-hydrogen) atoms. The molecule has 1 N–H and O–H groups in total. The van der Waals surface area contributed by atoms with Crippen molar-refractivity contribution in [1.82, 2.24) is 15.3 Å². The van der Waals surface area contributed by atoms with Crippen molar-refractivity contribution in [2.75, 3.05) is 31.6 Å². The van der Waals surface area contributed by atoms with Crippen LogP contribution in [0.15, 0.2) is 11.6 Å². The molecule has 2 rings (SSSR count). The van der Waals surface area contributed by atoms with Crippen molar-refractivity contribution in [2.45, 2.75) is 38.5 Å². The lowest BCUT2D eigenvalue weighted by molar-refractivity contribution is -0.135. The van der Waals surface area contributed by atoms with E-state index in [0.717, 1.165) is 32.1 Å². The number of amides is 1. The van der Waals surface area contributed by atoms with Crippen LogP contribution >= 0.6 is 12.2 Å². The quantitative estimate of drug-likeness (QED) is 0.588. The lowest BCUT2D eigenvalue weighted by Gasteiger charge is -2.30. The first-order valence-corrected chi connectivity index (χ1v) is 10.5. The standard InChI is InChI=1S/C15H25N3O3S2/c1-23(20,21)12-14(19)17-10-5-11-18(17)15(22)16-9-8-13-6-3-2-4-7-13/h6H,2-5,7-12H2,1H3,(H,16,22). The van der Waals surface area contributed by atoms with Crippen molar-refractivity contribution in [1.29, 1.82) is 0 Å². The minimum atomic E-state index is -3.33. The van der Waals surface area contributed by atoms with E-state index in [2.05, 4.69) is 11.4 Å². The molecule has 1 heterocycles. The maximum atomic E-state index is 12.1. The molecule has 0 aromatic carbocycles. The van der Waals surface area contributed by atoms with Crippen LogP contribution < -0.4 is 5.32 Å². The number of carbonyl (C=O) groups is 1. The smallest absolute Gasteiger partial charge is 0.256 e. The van der Waals surface area contributed by atoms with Crippen LogP contribution in [-0.2, 0) is 14.6 Å². The molecule has 1 aliphatic carbocycles. The molecule has 0 bridgehead atoms. The minimum absolute atomic E-state index is 0.413. The third-order valence-electron chi connectivity index (χ3n) is 4.05. The van der Waals surface area contributed by atoms with E-state index >= 15 is 0 Å². The predicted molar refractivity (Wildman–Crippen MR) is 94.5 cm³/mol. The van der Waals surface area contributed by atoms with Gasteiger partial charge in [0.1, 0.15) is 5.75 Å². The largest absolute Gasteiger partial charge is 0.361 e. The van der Waals surface area contributed by atoms with E-state index in [4.69, 9.17) is 12.2 Å². The van der Waals surface area contributed by atoms with Crippen molar-refractivity contribution in [2.24, 2.45) is 0 Å². The SMILES string of the molecule is CS(=O)(=O)CC(=O)N1CCCN1C(=S)NCCC1=CCCCC1. The van der Waals surface area contributed by atoms with Gasteiger partial charge in [-0.15, -0.1) is 0 Å². The number of carbonyl (C=O) groups excluding carboxylic acids is 1. The second-order valence-corrected chi connectivity index (χ2v) is 8.68. The fourth-order valence-corrected chi connectivity index (χ4v) is 3.82. The number of nitrogens with zero attached hydrogens (tertiary/aromatic N) is 2. The van der Waals surface area contributed by atoms with Gasteiger partial charge in [0.15, 0.2) is 14.9 Å². The van der Waals surface area contributed by atoms with E-state index < -0.39 is 21.5 Å². The van der Waals surface area contributed by atoms with Crippen LogP contribution in [0.2, 0.25) is 0 Å². The molecule has 6 nitrogen and oxygen atoms in total. The third kappa shape index (κ3) is 5.76. The number of hydrogen-bond acceptors (Lipinski definition) is 4. The zero-order valence-electron chi connectivity index (χ0n) is 13.6. The van der Waals surface area contributed by atoms with Crippen molar-refractivity contribution < 1.29 is 13.2 Å². The average molecular weight is 360 g/mol. The van der Waals surface area contributed by atoms with Crippen LogP contribution in [0.3, 0.4) is 0 Å². The second kappa shape index (κ2) is 8.10. The van der Waals surface area contributed by atoms with Crippen LogP contribution in [0.25, 0.3) is 0 Å². The van der Waals surface area contributed by atoms with Crippen molar-refractivity contribution in [3.8, 4) is 0 Å². The lowest BCUT2D eigenvalue weighted by atomic mass is 9.97. The van der Waals surface area contributed by atoms with Gasteiger partial charge in [-0.3, -0.25) is 14.8 Å². The molecule has 1 amide bonds. The maximum Gasteiger partial charge on any atom is 0.256 e. The van der Waals surface area contributed by atoms with Gasteiger partial charge in [-0.25, -0.2) is 8.42 Å². The van der Waals surface area contributed by atoms with Gasteiger partial charge in [-0.05, 0) is 50.7 Å². The molecule has 0 atom stereocenters. The summed E-state index contributed by atoms with van der Waals surface area (Å²) in [5, 5.41) is 6.84. The van der Waals surface area contributed by atoms with Crippen LogP contribution in [0.1, 0.15) is 38.5 Å². The molecule has 1 aliphatic heterocycles. The highest BCUT2D eigenvalue weighted by Gasteiger charge is 2.30. The van der Waals surface area contributed by atoms with E-state index in [9.17, 15) is 13.2 Å². The first-order valence-electron chi connectivity index (χ1n) is 8.08. The lowest BCUT2D eigenvalue weighted by Crippen LogP contribution is -2.50. The zero-order valence-corrected chi connectivity index (χ0v) is 15.2. The number of allylic oxidation sites excluding steroid dienone is 1. The van der Waals surface area contributed by atoms with E-state index in [1.807, 2.05) is 0 Å². The first kappa shape index (κ1) is 18.2.